The molecule has 164 valence electrons. The molecule has 0 unspecified atom stereocenters. The smallest absolute Gasteiger partial charge is 0.246 e. The van der Waals surface area contributed by atoms with Gasteiger partial charge in [0.15, 0.2) is 0 Å². The number of aryl methyl sites for hydroxylation is 1. The Balaban J connectivity index is 1.81. The van der Waals surface area contributed by atoms with E-state index in [1.807, 2.05) is 31.2 Å². The average Bonchev–Trinajstić information content (AvgIpc) is 3.19. The van der Waals surface area contributed by atoms with Crippen LogP contribution in [0.4, 0.5) is 5.69 Å². The number of sulfonamides is 1. The zero-order valence-corrected chi connectivity index (χ0v) is 18.8. The predicted molar refractivity (Wildman–Crippen MR) is 119 cm³/mol. The summed E-state index contributed by atoms with van der Waals surface area (Å²) < 4.78 is 31.5. The number of amides is 1. The van der Waals surface area contributed by atoms with E-state index in [1.165, 1.54) is 4.90 Å². The van der Waals surface area contributed by atoms with Crippen LogP contribution in [0.1, 0.15) is 24.8 Å². The molecule has 8 nitrogen and oxygen atoms in total. The molecule has 0 spiro atoms. The maximum Gasteiger partial charge on any atom is 0.246 e. The number of hydrogen-bond donors (Lipinski definition) is 0. The first kappa shape index (κ1) is 22.5. The maximum atomic E-state index is 13.2. The fraction of sp³-hybridized carbons (Fsp3) is 0.318. The molecular weight excluding hydrogens is 416 g/mol. The fourth-order valence-electron chi connectivity index (χ4n) is 3.37. The van der Waals surface area contributed by atoms with E-state index in [2.05, 4.69) is 10.1 Å². The van der Waals surface area contributed by atoms with Gasteiger partial charge in [-0.3, -0.25) is 9.10 Å². The molecule has 0 aliphatic rings. The Morgan fingerprint density at radius 3 is 2.45 bits per heavy atom. The molecule has 9 heteroatoms. The number of carbonyl (C=O) groups excluding carboxylic acids is 1. The Hall–Kier alpha value is -3.20. The number of benzene rings is 2. The predicted octanol–water partition coefficient (Wildman–Crippen LogP) is 3.25. The summed E-state index contributed by atoms with van der Waals surface area (Å²) in [4.78, 5) is 19.0. The van der Waals surface area contributed by atoms with Crippen LogP contribution in [0, 0.1) is 6.92 Å². The molecule has 0 bridgehead atoms. The van der Waals surface area contributed by atoms with Crippen LogP contribution in [0.25, 0.3) is 11.4 Å². The lowest BCUT2D eigenvalue weighted by Gasteiger charge is -2.32. The lowest BCUT2D eigenvalue weighted by Crippen LogP contribution is -2.49. The molecule has 0 N–H and O–H groups in total. The Morgan fingerprint density at radius 2 is 1.84 bits per heavy atom. The van der Waals surface area contributed by atoms with E-state index >= 15 is 0 Å². The van der Waals surface area contributed by atoms with Gasteiger partial charge in [-0.2, -0.15) is 4.98 Å². The van der Waals surface area contributed by atoms with E-state index < -0.39 is 16.1 Å². The van der Waals surface area contributed by atoms with Gasteiger partial charge in [0.25, 0.3) is 0 Å². The second kappa shape index (κ2) is 9.30. The highest BCUT2D eigenvalue weighted by atomic mass is 32.2. The topological polar surface area (TPSA) is 96.6 Å². The summed E-state index contributed by atoms with van der Waals surface area (Å²) >= 11 is 0. The van der Waals surface area contributed by atoms with Crippen LogP contribution in [0.15, 0.2) is 59.1 Å². The Labute approximate surface area is 182 Å². The average molecular weight is 443 g/mol. The van der Waals surface area contributed by atoms with Crippen molar-refractivity contribution in [1.82, 2.24) is 15.0 Å². The van der Waals surface area contributed by atoms with Gasteiger partial charge in [-0.25, -0.2) is 8.42 Å². The van der Waals surface area contributed by atoms with E-state index in [4.69, 9.17) is 4.52 Å². The number of carbonyl (C=O) groups is 1. The van der Waals surface area contributed by atoms with E-state index in [0.717, 1.165) is 21.7 Å². The molecule has 3 aromatic rings. The molecule has 0 fully saturated rings. The first-order valence-corrected chi connectivity index (χ1v) is 11.7. The van der Waals surface area contributed by atoms with Crippen molar-refractivity contribution in [1.29, 1.82) is 0 Å². The second-order valence-electron chi connectivity index (χ2n) is 7.39. The second-order valence-corrected chi connectivity index (χ2v) is 9.25. The van der Waals surface area contributed by atoms with E-state index in [1.54, 1.807) is 44.3 Å². The number of nitrogens with zero attached hydrogens (tertiary/aromatic N) is 4. The highest BCUT2D eigenvalue weighted by molar-refractivity contribution is 7.92. The number of likely N-dealkylation sites (N-methyl/N-ethyl adjacent to an activating group) is 1. The quantitative estimate of drug-likeness (QED) is 0.531. The van der Waals surface area contributed by atoms with E-state index in [0.29, 0.717) is 17.9 Å². The van der Waals surface area contributed by atoms with E-state index in [9.17, 15) is 13.2 Å². The molecule has 31 heavy (non-hydrogen) atoms. The van der Waals surface area contributed by atoms with Gasteiger partial charge in [-0.1, -0.05) is 54.0 Å². The van der Waals surface area contributed by atoms with Gasteiger partial charge in [-0.05, 0) is 31.5 Å². The largest absolute Gasteiger partial charge is 0.337 e. The lowest BCUT2D eigenvalue weighted by atomic mass is 10.1. The van der Waals surface area contributed by atoms with Gasteiger partial charge in [0.05, 0.1) is 18.5 Å². The number of hydrogen-bond acceptors (Lipinski definition) is 6. The van der Waals surface area contributed by atoms with Crippen LogP contribution < -0.4 is 4.31 Å². The Bertz CT molecular complexity index is 1150. The summed E-state index contributed by atoms with van der Waals surface area (Å²) in [6, 6.07) is 15.4. The highest BCUT2D eigenvalue weighted by Crippen LogP contribution is 2.23. The summed E-state index contributed by atoms with van der Waals surface area (Å²) in [5.74, 6) is 0.355. The van der Waals surface area contributed by atoms with Gasteiger partial charge in [0, 0.05) is 12.6 Å². The Morgan fingerprint density at radius 1 is 1.13 bits per heavy atom. The minimum atomic E-state index is -3.68. The van der Waals surface area contributed by atoms with Crippen LogP contribution >= 0.6 is 0 Å². The molecule has 1 amide bonds. The van der Waals surface area contributed by atoms with Crippen molar-refractivity contribution >= 4 is 21.6 Å². The number of aromatic nitrogens is 2. The van der Waals surface area contributed by atoms with Crippen LogP contribution in [0.2, 0.25) is 0 Å². The zero-order chi connectivity index (χ0) is 22.6. The third-order valence-electron chi connectivity index (χ3n) is 4.82. The van der Waals surface area contributed by atoms with Crippen LogP contribution in [-0.2, 0) is 21.4 Å². The minimum Gasteiger partial charge on any atom is -0.337 e. The molecule has 3 rings (SSSR count). The number of para-hydroxylation sites is 1. The normalized spacial score (nSPS) is 12.4. The number of rotatable bonds is 8. The third kappa shape index (κ3) is 5.29. The van der Waals surface area contributed by atoms with Crippen molar-refractivity contribution in [2.45, 2.75) is 32.9 Å². The van der Waals surface area contributed by atoms with Crippen LogP contribution in [-0.4, -0.2) is 48.7 Å². The molecule has 1 aromatic heterocycles. The van der Waals surface area contributed by atoms with Gasteiger partial charge in [0.2, 0.25) is 27.6 Å². The lowest BCUT2D eigenvalue weighted by molar-refractivity contribution is -0.132. The third-order valence-corrected chi connectivity index (χ3v) is 6.00. The summed E-state index contributed by atoms with van der Waals surface area (Å²) in [6.45, 7) is 3.82. The minimum absolute atomic E-state index is 0.0700. The SMILES string of the molecule is CC[C@@H](C(=O)N(C)Cc1nc(-c2cccc(C)c2)no1)N(c1ccccc1)S(C)(=O)=O. The monoisotopic (exact) mass is 442 g/mol. The summed E-state index contributed by atoms with van der Waals surface area (Å²) in [6.07, 6.45) is 1.41. The van der Waals surface area contributed by atoms with Crippen molar-refractivity contribution in [2.75, 3.05) is 17.6 Å². The standard InChI is InChI=1S/C22H26N4O4S/c1-5-19(26(31(4,28)29)18-12-7-6-8-13-18)22(27)25(3)15-20-23-21(24-30-20)17-11-9-10-16(2)14-17/h6-14,19H,5,15H2,1-4H3/t19-/m0/s1. The van der Waals surface area contributed by atoms with Crippen molar-refractivity contribution in [3.05, 3.63) is 66.1 Å². The Kier molecular flexibility index (Phi) is 6.74. The van der Waals surface area contributed by atoms with Crippen molar-refractivity contribution < 1.29 is 17.7 Å². The van der Waals surface area contributed by atoms with Crippen molar-refractivity contribution in [3.8, 4) is 11.4 Å². The molecular formula is C22H26N4O4S. The highest BCUT2D eigenvalue weighted by Gasteiger charge is 2.33. The number of anilines is 1. The van der Waals surface area contributed by atoms with Crippen LogP contribution in [0.3, 0.4) is 0 Å². The molecule has 1 atom stereocenters. The molecule has 1 heterocycles. The maximum absolute atomic E-state index is 13.2. The molecule has 0 aliphatic heterocycles. The molecule has 0 radical (unpaired) electrons. The summed E-state index contributed by atoms with van der Waals surface area (Å²) in [5, 5.41) is 4.00. The molecule has 0 aliphatic carbocycles. The summed E-state index contributed by atoms with van der Waals surface area (Å²) in [5.41, 5.74) is 2.34. The van der Waals surface area contributed by atoms with E-state index in [-0.39, 0.29) is 18.3 Å². The van der Waals surface area contributed by atoms with Gasteiger partial charge in [-0.15, -0.1) is 0 Å². The molecule has 0 saturated carbocycles. The molecule has 2 aromatic carbocycles. The summed E-state index contributed by atoms with van der Waals surface area (Å²) in [7, 11) is -2.09. The van der Waals surface area contributed by atoms with Gasteiger partial charge >= 0.3 is 0 Å². The molecule has 0 saturated heterocycles. The first-order valence-electron chi connectivity index (χ1n) is 9.89. The van der Waals surface area contributed by atoms with Crippen molar-refractivity contribution in [2.24, 2.45) is 0 Å². The van der Waals surface area contributed by atoms with Crippen LogP contribution in [0.5, 0.6) is 0 Å². The van der Waals surface area contributed by atoms with Gasteiger partial charge in [0.1, 0.15) is 6.04 Å². The first-order chi connectivity index (χ1) is 14.7. The van der Waals surface area contributed by atoms with Crippen molar-refractivity contribution in [3.63, 3.8) is 0 Å². The van der Waals surface area contributed by atoms with Gasteiger partial charge < -0.3 is 9.42 Å². The zero-order valence-electron chi connectivity index (χ0n) is 18.0. The fourth-order valence-corrected chi connectivity index (χ4v) is 4.58.